The molecule has 0 atom stereocenters. The number of hydrogen-bond acceptors (Lipinski definition) is 2. The van der Waals surface area contributed by atoms with Crippen LogP contribution in [0.2, 0.25) is 0 Å². The van der Waals surface area contributed by atoms with Crippen LogP contribution in [0.3, 0.4) is 0 Å². The van der Waals surface area contributed by atoms with Gasteiger partial charge in [0.1, 0.15) is 0 Å². The normalized spacial score (nSPS) is 12.3. The second-order valence-corrected chi connectivity index (χ2v) is 2.69. The highest BCUT2D eigenvalue weighted by atomic mass is 16.5. The minimum atomic E-state index is -0.153. The highest BCUT2D eigenvalue weighted by Gasteiger charge is 2.10. The Hall–Kier alpha value is -0.790. The molecule has 12 heavy (non-hydrogen) atoms. The summed E-state index contributed by atoms with van der Waals surface area (Å²) in [5.74, 6) is -0.153. The summed E-state index contributed by atoms with van der Waals surface area (Å²) >= 11 is 0. The van der Waals surface area contributed by atoms with Gasteiger partial charge in [-0.05, 0) is 26.7 Å². The Labute approximate surface area is 74.6 Å². The summed E-state index contributed by atoms with van der Waals surface area (Å²) in [5.41, 5.74) is 1.97. The van der Waals surface area contributed by atoms with Crippen LogP contribution in [-0.2, 0) is 9.53 Å². The van der Waals surface area contributed by atoms with Crippen LogP contribution in [0.5, 0.6) is 0 Å². The molecule has 0 aliphatic heterocycles. The number of hydrogen-bond donors (Lipinski definition) is 0. The number of carbonyl (C=O) groups excluding carboxylic acids is 1. The van der Waals surface area contributed by atoms with Crippen LogP contribution in [0.4, 0.5) is 0 Å². The first-order chi connectivity index (χ1) is 5.67. The van der Waals surface area contributed by atoms with Gasteiger partial charge in [-0.25, -0.2) is 4.79 Å². The predicted octanol–water partition coefficient (Wildman–Crippen LogP) is 2.69. The molecule has 0 saturated carbocycles. The van der Waals surface area contributed by atoms with Crippen LogP contribution in [0.15, 0.2) is 11.1 Å². The largest absolute Gasteiger partial charge is 0.463 e. The molecule has 70 valence electrons. The maximum absolute atomic E-state index is 11.3. The molecule has 0 fully saturated rings. The summed E-state index contributed by atoms with van der Waals surface area (Å²) in [7, 11) is 0. The Morgan fingerprint density at radius 3 is 2.08 bits per heavy atom. The summed E-state index contributed by atoms with van der Waals surface area (Å²) in [6.45, 7) is 8.29. The maximum Gasteiger partial charge on any atom is 0.333 e. The van der Waals surface area contributed by atoms with E-state index in [1.807, 2.05) is 27.7 Å². The van der Waals surface area contributed by atoms with Crippen molar-refractivity contribution in [1.29, 1.82) is 0 Å². The monoisotopic (exact) mass is 170 g/mol. The summed E-state index contributed by atoms with van der Waals surface area (Å²) in [5, 5.41) is 0. The number of ether oxygens (including phenoxy) is 1. The quantitative estimate of drug-likeness (QED) is 0.479. The van der Waals surface area contributed by atoms with Gasteiger partial charge >= 0.3 is 5.97 Å². The number of allylic oxidation sites excluding steroid dienone is 1. The zero-order valence-electron chi connectivity index (χ0n) is 8.44. The van der Waals surface area contributed by atoms with Gasteiger partial charge in [0.05, 0.1) is 6.61 Å². The van der Waals surface area contributed by atoms with Gasteiger partial charge in [-0.1, -0.05) is 19.4 Å². The van der Waals surface area contributed by atoms with Crippen LogP contribution in [0.25, 0.3) is 0 Å². The van der Waals surface area contributed by atoms with E-state index in [9.17, 15) is 4.79 Å². The lowest BCUT2D eigenvalue weighted by Crippen LogP contribution is -2.08. The fraction of sp³-hybridized carbons (Fsp3) is 0.700. The van der Waals surface area contributed by atoms with Gasteiger partial charge in [0, 0.05) is 5.57 Å². The summed E-state index contributed by atoms with van der Waals surface area (Å²) in [6, 6.07) is 0. The lowest BCUT2D eigenvalue weighted by atomic mass is 10.1. The van der Waals surface area contributed by atoms with Crippen LogP contribution in [-0.4, -0.2) is 12.6 Å². The average Bonchev–Trinajstić information content (AvgIpc) is 2.06. The Morgan fingerprint density at radius 1 is 1.17 bits per heavy atom. The molecule has 0 bridgehead atoms. The van der Waals surface area contributed by atoms with Crippen LogP contribution in [0, 0.1) is 0 Å². The van der Waals surface area contributed by atoms with E-state index in [-0.39, 0.29) is 5.97 Å². The summed E-state index contributed by atoms with van der Waals surface area (Å²) < 4.78 is 4.92. The number of carbonyl (C=O) groups is 1. The predicted molar refractivity (Wildman–Crippen MR) is 49.9 cm³/mol. The Kier molecular flexibility index (Phi) is 5.43. The molecule has 0 N–H and O–H groups in total. The van der Waals surface area contributed by atoms with Crippen molar-refractivity contribution in [1.82, 2.24) is 0 Å². The molecule has 0 saturated heterocycles. The molecule has 0 aromatic carbocycles. The van der Waals surface area contributed by atoms with E-state index in [1.165, 1.54) is 0 Å². The Balaban J connectivity index is 4.44. The fourth-order valence-electron chi connectivity index (χ4n) is 1.05. The minimum Gasteiger partial charge on any atom is -0.463 e. The van der Waals surface area contributed by atoms with Crippen molar-refractivity contribution in [3.05, 3.63) is 11.1 Å². The molecule has 0 spiro atoms. The van der Waals surface area contributed by atoms with E-state index in [0.29, 0.717) is 6.61 Å². The van der Waals surface area contributed by atoms with E-state index in [4.69, 9.17) is 4.74 Å². The molecular formula is C10H18O2. The molecule has 2 nitrogen and oxygen atoms in total. The molecule has 0 aromatic rings. The Morgan fingerprint density at radius 2 is 1.75 bits per heavy atom. The van der Waals surface area contributed by atoms with E-state index in [0.717, 1.165) is 24.0 Å². The smallest absolute Gasteiger partial charge is 0.333 e. The van der Waals surface area contributed by atoms with Crippen molar-refractivity contribution in [3.63, 3.8) is 0 Å². The topological polar surface area (TPSA) is 26.3 Å². The standard InChI is InChI=1S/C10H18O2/c1-5-8(4)9(6-2)10(11)12-7-3/h5-7H2,1-4H3/b9-8+. The van der Waals surface area contributed by atoms with E-state index >= 15 is 0 Å². The van der Waals surface area contributed by atoms with E-state index < -0.39 is 0 Å². The first-order valence-corrected chi connectivity index (χ1v) is 4.53. The lowest BCUT2D eigenvalue weighted by Gasteiger charge is -2.07. The lowest BCUT2D eigenvalue weighted by molar-refractivity contribution is -0.138. The van der Waals surface area contributed by atoms with Crippen LogP contribution < -0.4 is 0 Å². The van der Waals surface area contributed by atoms with Crippen molar-refractivity contribution in [2.75, 3.05) is 6.61 Å². The highest BCUT2D eigenvalue weighted by molar-refractivity contribution is 5.89. The van der Waals surface area contributed by atoms with Gasteiger partial charge < -0.3 is 4.74 Å². The van der Waals surface area contributed by atoms with Crippen LogP contribution in [0.1, 0.15) is 40.5 Å². The maximum atomic E-state index is 11.3. The molecule has 0 radical (unpaired) electrons. The minimum absolute atomic E-state index is 0.153. The average molecular weight is 170 g/mol. The van der Waals surface area contributed by atoms with Crippen molar-refractivity contribution in [2.24, 2.45) is 0 Å². The molecule has 2 heteroatoms. The Bertz CT molecular complexity index is 180. The molecule has 0 aliphatic rings. The molecule has 0 rings (SSSR count). The van der Waals surface area contributed by atoms with Crippen molar-refractivity contribution < 1.29 is 9.53 Å². The highest BCUT2D eigenvalue weighted by Crippen LogP contribution is 2.12. The molecule has 0 amide bonds. The van der Waals surface area contributed by atoms with Gasteiger partial charge in [0.15, 0.2) is 0 Å². The second kappa shape index (κ2) is 5.81. The SMILES string of the molecule is CCOC(=O)/C(CC)=C(\C)CC. The molecule has 0 aliphatic carbocycles. The summed E-state index contributed by atoms with van der Waals surface area (Å²) in [6.07, 6.45) is 1.68. The molecule has 0 unspecified atom stereocenters. The van der Waals surface area contributed by atoms with Gasteiger partial charge in [0.2, 0.25) is 0 Å². The van der Waals surface area contributed by atoms with Gasteiger partial charge in [-0.15, -0.1) is 0 Å². The van der Waals surface area contributed by atoms with Crippen LogP contribution >= 0.6 is 0 Å². The zero-order valence-corrected chi connectivity index (χ0v) is 8.44. The summed E-state index contributed by atoms with van der Waals surface area (Å²) in [4.78, 5) is 11.3. The van der Waals surface area contributed by atoms with Gasteiger partial charge in [-0.2, -0.15) is 0 Å². The van der Waals surface area contributed by atoms with E-state index in [1.54, 1.807) is 0 Å². The second-order valence-electron chi connectivity index (χ2n) is 2.69. The number of esters is 1. The first kappa shape index (κ1) is 11.2. The molecule has 0 heterocycles. The fourth-order valence-corrected chi connectivity index (χ4v) is 1.05. The van der Waals surface area contributed by atoms with Crippen molar-refractivity contribution >= 4 is 5.97 Å². The molecule has 0 aromatic heterocycles. The third-order valence-electron chi connectivity index (χ3n) is 1.92. The van der Waals surface area contributed by atoms with Gasteiger partial charge in [0.25, 0.3) is 0 Å². The first-order valence-electron chi connectivity index (χ1n) is 4.53. The third-order valence-corrected chi connectivity index (χ3v) is 1.92. The third kappa shape index (κ3) is 3.07. The van der Waals surface area contributed by atoms with E-state index in [2.05, 4.69) is 0 Å². The zero-order chi connectivity index (χ0) is 9.56. The van der Waals surface area contributed by atoms with Crippen molar-refractivity contribution in [3.8, 4) is 0 Å². The van der Waals surface area contributed by atoms with Crippen molar-refractivity contribution in [2.45, 2.75) is 40.5 Å². The number of rotatable bonds is 4. The molecular weight excluding hydrogens is 152 g/mol. The van der Waals surface area contributed by atoms with Gasteiger partial charge in [-0.3, -0.25) is 0 Å².